The van der Waals surface area contributed by atoms with Gasteiger partial charge in [0, 0.05) is 55.8 Å². The molecule has 0 bridgehead atoms. The van der Waals surface area contributed by atoms with Crippen molar-refractivity contribution in [2.45, 2.75) is 25.7 Å². The Bertz CT molecular complexity index is 761. The number of likely N-dealkylation sites (tertiary alicyclic amines) is 1. The number of aromatic nitrogens is 2. The molecule has 0 spiro atoms. The summed E-state index contributed by atoms with van der Waals surface area (Å²) in [6.07, 6.45) is 7.80. The normalized spacial score (nSPS) is 22.6. The zero-order chi connectivity index (χ0) is 17.9. The second kappa shape index (κ2) is 7.54. The van der Waals surface area contributed by atoms with E-state index in [0.29, 0.717) is 25.3 Å². The van der Waals surface area contributed by atoms with Gasteiger partial charge in [-0.15, -0.1) is 0 Å². The first kappa shape index (κ1) is 17.2. The van der Waals surface area contributed by atoms with Crippen LogP contribution in [-0.4, -0.2) is 47.1 Å². The highest BCUT2D eigenvalue weighted by Gasteiger charge is 2.38. The van der Waals surface area contributed by atoms with Gasteiger partial charge < -0.3 is 9.64 Å². The molecule has 3 heterocycles. The summed E-state index contributed by atoms with van der Waals surface area (Å²) in [4.78, 5) is 23.6. The van der Waals surface area contributed by atoms with Crippen LogP contribution < -0.4 is 0 Å². The third-order valence-electron chi connectivity index (χ3n) is 5.45. The SMILES string of the molecule is Cc1ccncc1C(=O)N1C[C@@H](COCC2CC2)[C@H](c2ccccn2)C1. The van der Waals surface area contributed by atoms with Crippen molar-refractivity contribution < 1.29 is 9.53 Å². The van der Waals surface area contributed by atoms with Crippen molar-refractivity contribution in [1.82, 2.24) is 14.9 Å². The van der Waals surface area contributed by atoms with Crippen LogP contribution in [0.4, 0.5) is 0 Å². The average molecular weight is 351 g/mol. The Balaban J connectivity index is 1.50. The molecule has 1 amide bonds. The molecule has 5 nitrogen and oxygen atoms in total. The van der Waals surface area contributed by atoms with Crippen LogP contribution in [0.15, 0.2) is 42.9 Å². The van der Waals surface area contributed by atoms with Crippen LogP contribution in [-0.2, 0) is 4.74 Å². The predicted molar refractivity (Wildman–Crippen MR) is 98.9 cm³/mol. The molecular formula is C21H25N3O2. The van der Waals surface area contributed by atoms with Gasteiger partial charge in [-0.1, -0.05) is 6.07 Å². The van der Waals surface area contributed by atoms with E-state index in [1.54, 1.807) is 12.4 Å². The van der Waals surface area contributed by atoms with Gasteiger partial charge in [0.1, 0.15) is 0 Å². The molecule has 0 aromatic carbocycles. The van der Waals surface area contributed by atoms with Crippen molar-refractivity contribution >= 4 is 5.91 Å². The van der Waals surface area contributed by atoms with E-state index >= 15 is 0 Å². The number of nitrogens with zero attached hydrogens (tertiary/aromatic N) is 3. The number of carbonyl (C=O) groups is 1. The third-order valence-corrected chi connectivity index (χ3v) is 5.45. The van der Waals surface area contributed by atoms with Crippen LogP contribution in [0, 0.1) is 18.8 Å². The summed E-state index contributed by atoms with van der Waals surface area (Å²) in [5, 5.41) is 0. The van der Waals surface area contributed by atoms with Gasteiger partial charge in [-0.05, 0) is 49.4 Å². The van der Waals surface area contributed by atoms with E-state index in [9.17, 15) is 4.79 Å². The Labute approximate surface area is 154 Å². The maximum atomic E-state index is 13.0. The molecule has 2 atom stereocenters. The van der Waals surface area contributed by atoms with E-state index in [-0.39, 0.29) is 17.7 Å². The molecule has 26 heavy (non-hydrogen) atoms. The summed E-state index contributed by atoms with van der Waals surface area (Å²) >= 11 is 0. The molecule has 1 aliphatic carbocycles. The van der Waals surface area contributed by atoms with Crippen molar-refractivity contribution in [3.8, 4) is 0 Å². The first-order valence-electron chi connectivity index (χ1n) is 9.41. The Hall–Kier alpha value is -2.27. The van der Waals surface area contributed by atoms with Crippen LogP contribution >= 0.6 is 0 Å². The largest absolute Gasteiger partial charge is 0.381 e. The highest BCUT2D eigenvalue weighted by molar-refractivity contribution is 5.95. The Morgan fingerprint density at radius 2 is 2.08 bits per heavy atom. The van der Waals surface area contributed by atoms with Crippen LogP contribution in [0.2, 0.25) is 0 Å². The van der Waals surface area contributed by atoms with Crippen molar-refractivity contribution in [2.75, 3.05) is 26.3 Å². The van der Waals surface area contributed by atoms with Gasteiger partial charge in [-0.2, -0.15) is 0 Å². The monoisotopic (exact) mass is 351 g/mol. The average Bonchev–Trinajstić information content (AvgIpc) is 3.39. The van der Waals surface area contributed by atoms with Crippen molar-refractivity contribution in [3.05, 3.63) is 59.7 Å². The lowest BCUT2D eigenvalue weighted by atomic mass is 9.93. The van der Waals surface area contributed by atoms with Crippen LogP contribution in [0.25, 0.3) is 0 Å². The number of hydrogen-bond acceptors (Lipinski definition) is 4. The molecule has 0 radical (unpaired) electrons. The van der Waals surface area contributed by atoms with Crippen LogP contribution in [0.3, 0.4) is 0 Å². The second-order valence-corrected chi connectivity index (χ2v) is 7.50. The number of amides is 1. The minimum absolute atomic E-state index is 0.0567. The molecule has 1 saturated carbocycles. The fraction of sp³-hybridized carbons (Fsp3) is 0.476. The lowest BCUT2D eigenvalue weighted by Crippen LogP contribution is -2.30. The van der Waals surface area contributed by atoms with Gasteiger partial charge >= 0.3 is 0 Å². The fourth-order valence-electron chi connectivity index (χ4n) is 3.67. The van der Waals surface area contributed by atoms with E-state index < -0.39 is 0 Å². The molecule has 5 heteroatoms. The van der Waals surface area contributed by atoms with Crippen LogP contribution in [0.5, 0.6) is 0 Å². The summed E-state index contributed by atoms with van der Waals surface area (Å²) < 4.78 is 5.97. The number of ether oxygens (including phenoxy) is 1. The number of rotatable bonds is 6. The van der Waals surface area contributed by atoms with E-state index in [1.165, 1.54) is 12.8 Å². The minimum Gasteiger partial charge on any atom is -0.381 e. The smallest absolute Gasteiger partial charge is 0.255 e. The summed E-state index contributed by atoms with van der Waals surface area (Å²) in [6, 6.07) is 7.89. The molecule has 2 aromatic heterocycles. The molecule has 2 aromatic rings. The summed E-state index contributed by atoms with van der Waals surface area (Å²) in [5.74, 6) is 1.31. The van der Waals surface area contributed by atoms with E-state index in [4.69, 9.17) is 4.74 Å². The van der Waals surface area contributed by atoms with Crippen LogP contribution in [0.1, 0.15) is 40.4 Å². The van der Waals surface area contributed by atoms with Gasteiger partial charge in [0.15, 0.2) is 0 Å². The summed E-state index contributed by atoms with van der Waals surface area (Å²) in [5.41, 5.74) is 2.70. The molecule has 1 aliphatic heterocycles. The molecule has 0 unspecified atom stereocenters. The number of pyridine rings is 2. The molecular weight excluding hydrogens is 326 g/mol. The Morgan fingerprint density at radius 3 is 2.81 bits per heavy atom. The number of hydrogen-bond donors (Lipinski definition) is 0. The fourth-order valence-corrected chi connectivity index (χ4v) is 3.67. The maximum absolute atomic E-state index is 13.0. The molecule has 4 rings (SSSR count). The zero-order valence-electron chi connectivity index (χ0n) is 15.2. The van der Waals surface area contributed by atoms with Gasteiger partial charge in [-0.3, -0.25) is 14.8 Å². The molecule has 136 valence electrons. The van der Waals surface area contributed by atoms with Gasteiger partial charge in [-0.25, -0.2) is 0 Å². The number of aryl methyl sites for hydroxylation is 1. The van der Waals surface area contributed by atoms with Gasteiger partial charge in [0.2, 0.25) is 0 Å². The lowest BCUT2D eigenvalue weighted by molar-refractivity contribution is 0.0738. The first-order chi connectivity index (χ1) is 12.7. The minimum atomic E-state index is 0.0567. The quantitative estimate of drug-likeness (QED) is 0.803. The second-order valence-electron chi connectivity index (χ2n) is 7.50. The molecule has 0 N–H and O–H groups in total. The lowest BCUT2D eigenvalue weighted by Gasteiger charge is -2.17. The van der Waals surface area contributed by atoms with Gasteiger partial charge in [0.25, 0.3) is 5.91 Å². The number of carbonyl (C=O) groups excluding carboxylic acids is 1. The molecule has 2 fully saturated rings. The highest BCUT2D eigenvalue weighted by atomic mass is 16.5. The highest BCUT2D eigenvalue weighted by Crippen LogP contribution is 2.34. The zero-order valence-corrected chi connectivity index (χ0v) is 15.2. The van der Waals surface area contributed by atoms with E-state index in [1.807, 2.05) is 36.2 Å². The van der Waals surface area contributed by atoms with E-state index in [2.05, 4.69) is 16.0 Å². The Kier molecular flexibility index (Phi) is 4.98. The first-order valence-corrected chi connectivity index (χ1v) is 9.41. The Morgan fingerprint density at radius 1 is 1.19 bits per heavy atom. The van der Waals surface area contributed by atoms with Gasteiger partial charge in [0.05, 0.1) is 12.2 Å². The predicted octanol–water partition coefficient (Wildman–Crippen LogP) is 3.07. The topological polar surface area (TPSA) is 55.3 Å². The standard InChI is InChI=1S/C21H25N3O2/c1-15-7-9-22-10-18(15)21(25)24-11-17(14-26-13-16-5-6-16)19(12-24)20-4-2-3-8-23-20/h2-4,7-10,16-17,19H,5-6,11-14H2,1H3/t17-,19+/m0/s1. The molecule has 1 saturated heterocycles. The van der Waals surface area contributed by atoms with Crippen molar-refractivity contribution in [2.24, 2.45) is 11.8 Å². The van der Waals surface area contributed by atoms with Crippen molar-refractivity contribution in [1.29, 1.82) is 0 Å². The molecule has 2 aliphatic rings. The van der Waals surface area contributed by atoms with Crippen molar-refractivity contribution in [3.63, 3.8) is 0 Å². The third kappa shape index (κ3) is 3.78. The maximum Gasteiger partial charge on any atom is 0.255 e. The van der Waals surface area contributed by atoms with E-state index in [0.717, 1.165) is 23.8 Å². The summed E-state index contributed by atoms with van der Waals surface area (Å²) in [6.45, 7) is 4.88. The summed E-state index contributed by atoms with van der Waals surface area (Å²) in [7, 11) is 0.